The maximum absolute atomic E-state index is 13.6. The molecule has 224 valence electrons. The molecule has 2 fully saturated rings. The first-order chi connectivity index (χ1) is 19.7. The summed E-state index contributed by atoms with van der Waals surface area (Å²) in [5.41, 5.74) is 2.21. The van der Waals surface area contributed by atoms with Crippen molar-refractivity contribution in [2.75, 3.05) is 33.8 Å². The highest BCUT2D eigenvalue weighted by molar-refractivity contribution is 6.32. The van der Waals surface area contributed by atoms with Gasteiger partial charge in [-0.3, -0.25) is 4.79 Å². The number of aliphatic hydroxyl groups is 1. The number of ether oxygens (including phenoxy) is 1. The van der Waals surface area contributed by atoms with E-state index in [-0.39, 0.29) is 17.7 Å². The Bertz CT molecular complexity index is 1210. The zero-order chi connectivity index (χ0) is 29.6. The molecule has 8 nitrogen and oxygen atoms in total. The highest BCUT2D eigenvalue weighted by Gasteiger charge is 2.44. The lowest BCUT2D eigenvalue weighted by molar-refractivity contribution is -0.140. The van der Waals surface area contributed by atoms with E-state index >= 15 is 0 Å². The van der Waals surface area contributed by atoms with E-state index in [2.05, 4.69) is 41.6 Å². The number of benzene rings is 1. The molecule has 3 N–H and O–H groups in total. The summed E-state index contributed by atoms with van der Waals surface area (Å²) in [6.45, 7) is 5.83. The number of carbonyl (C=O) groups excluding carboxylic acids is 2. The number of amides is 2. The van der Waals surface area contributed by atoms with E-state index < -0.39 is 11.7 Å². The number of halogens is 1. The highest BCUT2D eigenvalue weighted by atomic mass is 35.5. The van der Waals surface area contributed by atoms with Crippen LogP contribution in [0.4, 0.5) is 4.79 Å². The molecule has 2 aromatic rings. The largest absolute Gasteiger partial charge is 0.453 e. The SMILES string of the molecule is CN[C@@H]1CC[C@@H](C(=O)N2CCCC([C@@](O)(CCCNC(=O)OC)c3ccnc(Cl)c3-c3cccc(C(C)C)c3)C2)C1. The van der Waals surface area contributed by atoms with Crippen molar-refractivity contribution < 1.29 is 19.4 Å². The number of alkyl carbamates (subject to hydrolysis) is 1. The number of hydrogen-bond acceptors (Lipinski definition) is 6. The number of piperidine rings is 1. The maximum Gasteiger partial charge on any atom is 0.406 e. The van der Waals surface area contributed by atoms with Crippen molar-refractivity contribution in [2.24, 2.45) is 11.8 Å². The summed E-state index contributed by atoms with van der Waals surface area (Å²) in [6, 6.07) is 10.5. The number of nitrogens with zero attached hydrogens (tertiary/aromatic N) is 2. The number of aromatic nitrogens is 1. The van der Waals surface area contributed by atoms with Gasteiger partial charge in [-0.2, -0.15) is 0 Å². The van der Waals surface area contributed by atoms with E-state index in [0.29, 0.717) is 55.2 Å². The van der Waals surface area contributed by atoms with Crippen LogP contribution < -0.4 is 10.6 Å². The number of carbonyl (C=O) groups is 2. The third-order valence-corrected chi connectivity index (χ3v) is 9.29. The molecule has 0 bridgehead atoms. The van der Waals surface area contributed by atoms with Crippen LogP contribution >= 0.6 is 11.6 Å². The minimum absolute atomic E-state index is 0.0215. The number of rotatable bonds is 10. The van der Waals surface area contributed by atoms with Crippen LogP contribution in [0.3, 0.4) is 0 Å². The Labute approximate surface area is 249 Å². The Balaban J connectivity index is 1.69. The van der Waals surface area contributed by atoms with Crippen LogP contribution in [0.5, 0.6) is 0 Å². The Morgan fingerprint density at radius 2 is 2.05 bits per heavy atom. The van der Waals surface area contributed by atoms with Gasteiger partial charge in [-0.05, 0) is 80.7 Å². The third-order valence-electron chi connectivity index (χ3n) is 9.00. The fourth-order valence-electron chi connectivity index (χ4n) is 6.60. The molecule has 1 aliphatic heterocycles. The normalized spacial score (nSPS) is 22.4. The minimum Gasteiger partial charge on any atom is -0.453 e. The van der Waals surface area contributed by atoms with Crippen molar-refractivity contribution in [3.63, 3.8) is 0 Å². The topological polar surface area (TPSA) is 104 Å². The van der Waals surface area contributed by atoms with Gasteiger partial charge in [0.2, 0.25) is 5.91 Å². The predicted octanol–water partition coefficient (Wildman–Crippen LogP) is 5.48. The van der Waals surface area contributed by atoms with E-state index in [1.807, 2.05) is 30.1 Å². The number of likely N-dealkylation sites (tertiary alicyclic amines) is 1. The molecule has 2 aliphatic rings. The van der Waals surface area contributed by atoms with Crippen LogP contribution in [0.25, 0.3) is 11.1 Å². The first kappa shape index (κ1) is 31.3. The zero-order valence-corrected chi connectivity index (χ0v) is 25.5. The fourth-order valence-corrected chi connectivity index (χ4v) is 6.86. The standard InChI is InChI=1S/C32H45ClN4O4/c1-21(2)22-8-5-9-23(18-22)28-27(13-16-35-29(28)33)32(40,14-7-15-36-31(39)41-4)25-10-6-17-37(20-25)30(38)24-11-12-26(19-24)34-3/h5,8-9,13,16,18,21,24-26,34,40H,6-7,10-12,14-15,17,19-20H2,1-4H3,(H,36,39)/t24-,25?,26-,32+/m1/s1. The quantitative estimate of drug-likeness (QED) is 0.252. The first-order valence-electron chi connectivity index (χ1n) is 14.9. The van der Waals surface area contributed by atoms with Crippen LogP contribution in [-0.2, 0) is 15.1 Å². The molecule has 2 amide bonds. The van der Waals surface area contributed by atoms with Gasteiger partial charge in [0.05, 0.1) is 12.7 Å². The monoisotopic (exact) mass is 584 g/mol. The van der Waals surface area contributed by atoms with Crippen molar-refractivity contribution in [1.29, 1.82) is 0 Å². The second-order valence-electron chi connectivity index (χ2n) is 11.9. The van der Waals surface area contributed by atoms with Gasteiger partial charge in [-0.25, -0.2) is 9.78 Å². The third kappa shape index (κ3) is 7.22. The zero-order valence-electron chi connectivity index (χ0n) is 24.8. The van der Waals surface area contributed by atoms with Crippen LogP contribution in [0.15, 0.2) is 36.5 Å². The van der Waals surface area contributed by atoms with Gasteiger partial charge in [-0.1, -0.05) is 49.7 Å². The molecule has 9 heteroatoms. The molecule has 1 saturated heterocycles. The maximum atomic E-state index is 13.6. The Hall–Kier alpha value is -2.68. The lowest BCUT2D eigenvalue weighted by Crippen LogP contribution is -2.49. The number of pyridine rings is 1. The molecular weight excluding hydrogens is 540 g/mol. The van der Waals surface area contributed by atoms with Gasteiger partial charge >= 0.3 is 6.09 Å². The summed E-state index contributed by atoms with van der Waals surface area (Å²) in [6.07, 6.45) is 6.40. The summed E-state index contributed by atoms with van der Waals surface area (Å²) in [7, 11) is 3.29. The lowest BCUT2D eigenvalue weighted by atomic mass is 9.72. The van der Waals surface area contributed by atoms with E-state index in [0.717, 1.165) is 43.2 Å². The van der Waals surface area contributed by atoms with Crippen molar-refractivity contribution in [3.8, 4) is 11.1 Å². The van der Waals surface area contributed by atoms with Crippen molar-refractivity contribution in [1.82, 2.24) is 20.5 Å². The van der Waals surface area contributed by atoms with E-state index in [1.165, 1.54) is 12.7 Å². The van der Waals surface area contributed by atoms with Gasteiger partial charge in [-0.15, -0.1) is 0 Å². The molecule has 1 aromatic carbocycles. The lowest BCUT2D eigenvalue weighted by Gasteiger charge is -2.44. The Morgan fingerprint density at radius 1 is 1.24 bits per heavy atom. The second kappa shape index (κ2) is 14.0. The molecule has 1 unspecified atom stereocenters. The summed E-state index contributed by atoms with van der Waals surface area (Å²) in [5.74, 6) is 0.339. The number of nitrogens with one attached hydrogen (secondary N) is 2. The second-order valence-corrected chi connectivity index (χ2v) is 12.2. The summed E-state index contributed by atoms with van der Waals surface area (Å²) >= 11 is 6.79. The van der Waals surface area contributed by atoms with Crippen LogP contribution in [0.2, 0.25) is 5.15 Å². The molecule has 0 spiro atoms. The van der Waals surface area contributed by atoms with Gasteiger partial charge in [0, 0.05) is 49.3 Å². The van der Waals surface area contributed by atoms with Gasteiger partial charge < -0.3 is 25.4 Å². The van der Waals surface area contributed by atoms with Crippen LogP contribution in [-0.4, -0.2) is 66.8 Å². The van der Waals surface area contributed by atoms with E-state index in [4.69, 9.17) is 16.3 Å². The smallest absolute Gasteiger partial charge is 0.406 e. The first-order valence-corrected chi connectivity index (χ1v) is 15.3. The van der Waals surface area contributed by atoms with Gasteiger partial charge in [0.1, 0.15) is 5.15 Å². The van der Waals surface area contributed by atoms with Gasteiger partial charge in [0.25, 0.3) is 0 Å². The fraction of sp³-hybridized carbons (Fsp3) is 0.594. The average molecular weight is 585 g/mol. The van der Waals surface area contributed by atoms with Crippen molar-refractivity contribution >= 4 is 23.6 Å². The molecule has 41 heavy (non-hydrogen) atoms. The summed E-state index contributed by atoms with van der Waals surface area (Å²) < 4.78 is 4.72. The van der Waals surface area contributed by atoms with E-state index in [1.54, 1.807) is 6.20 Å². The molecule has 0 radical (unpaired) electrons. The molecule has 4 atom stereocenters. The Morgan fingerprint density at radius 3 is 2.76 bits per heavy atom. The molecule has 4 rings (SSSR count). The predicted molar refractivity (Wildman–Crippen MR) is 162 cm³/mol. The average Bonchev–Trinajstić information content (AvgIpc) is 3.48. The molecule has 1 saturated carbocycles. The summed E-state index contributed by atoms with van der Waals surface area (Å²) in [5, 5.41) is 19.1. The number of methoxy groups -OCH3 is 1. The van der Waals surface area contributed by atoms with E-state index in [9.17, 15) is 14.7 Å². The molecule has 1 aromatic heterocycles. The minimum atomic E-state index is -1.30. The molecular formula is C32H45ClN4O4. The van der Waals surface area contributed by atoms with Crippen molar-refractivity contribution in [3.05, 3.63) is 52.8 Å². The highest BCUT2D eigenvalue weighted by Crippen LogP contribution is 2.45. The van der Waals surface area contributed by atoms with Crippen LogP contribution in [0, 0.1) is 11.8 Å². The van der Waals surface area contributed by atoms with Crippen molar-refractivity contribution in [2.45, 2.75) is 76.4 Å². The number of hydrogen-bond donors (Lipinski definition) is 3. The summed E-state index contributed by atoms with van der Waals surface area (Å²) in [4.78, 5) is 31.7. The Kier molecular flexibility index (Phi) is 10.7. The molecule has 1 aliphatic carbocycles. The molecule has 2 heterocycles. The van der Waals surface area contributed by atoms with Gasteiger partial charge in [0.15, 0.2) is 0 Å². The van der Waals surface area contributed by atoms with Crippen LogP contribution in [0.1, 0.15) is 75.8 Å².